The molecule has 4 nitrogen and oxygen atoms in total. The van der Waals surface area contributed by atoms with Crippen LogP contribution in [0.3, 0.4) is 0 Å². The van der Waals surface area contributed by atoms with Crippen molar-refractivity contribution in [1.82, 2.24) is 0 Å². The molecular weight excluding hydrogens is 389 g/mol. The second kappa shape index (κ2) is 10.0. The van der Waals surface area contributed by atoms with Crippen LogP contribution in [0.15, 0.2) is 29.3 Å². The molecule has 0 radical (unpaired) electrons. The van der Waals surface area contributed by atoms with Crippen molar-refractivity contribution in [3.8, 4) is 0 Å². The smallest absolute Gasteiger partial charge is 0.193 e. The normalized spacial score (nSPS) is 18.9. The van der Waals surface area contributed by atoms with Gasteiger partial charge in [-0.15, -0.1) is 24.0 Å². The zero-order chi connectivity index (χ0) is 15.1. The molecule has 0 amide bonds. The summed E-state index contributed by atoms with van der Waals surface area (Å²) in [4.78, 5) is 4.39. The van der Waals surface area contributed by atoms with Crippen molar-refractivity contribution in [2.45, 2.75) is 51.6 Å². The first-order valence-electron chi connectivity index (χ1n) is 7.93. The number of aliphatic imine (C=N–C) groups is 1. The van der Waals surface area contributed by atoms with Gasteiger partial charge in [-0.1, -0.05) is 26.0 Å². The molecular formula is C17H28IN3O. The Morgan fingerprint density at radius 1 is 1.41 bits per heavy atom. The largest absolute Gasteiger partial charge is 0.378 e. The number of hydrogen-bond donors (Lipinski definition) is 2. The molecule has 0 spiro atoms. The van der Waals surface area contributed by atoms with Gasteiger partial charge in [0, 0.05) is 18.8 Å². The SMILES string of the molecule is CC(C)c1cccc(NC(N)=NCCC2CCCCO2)c1.I. The fraction of sp³-hybridized carbons (Fsp3) is 0.588. The van der Waals surface area contributed by atoms with Gasteiger partial charge in [-0.05, 0) is 49.3 Å². The van der Waals surface area contributed by atoms with Crippen LogP contribution in [-0.2, 0) is 4.74 Å². The zero-order valence-electron chi connectivity index (χ0n) is 13.5. The topological polar surface area (TPSA) is 59.6 Å². The van der Waals surface area contributed by atoms with Gasteiger partial charge < -0.3 is 15.8 Å². The maximum absolute atomic E-state index is 5.95. The van der Waals surface area contributed by atoms with Crippen LogP contribution >= 0.6 is 24.0 Å². The number of hydrogen-bond acceptors (Lipinski definition) is 2. The molecule has 5 heteroatoms. The molecule has 1 heterocycles. The lowest BCUT2D eigenvalue weighted by molar-refractivity contribution is 0.0129. The number of anilines is 1. The summed E-state index contributed by atoms with van der Waals surface area (Å²) in [6, 6.07) is 8.31. The minimum atomic E-state index is 0. The molecule has 1 atom stereocenters. The number of ether oxygens (including phenoxy) is 1. The highest BCUT2D eigenvalue weighted by atomic mass is 127. The second-order valence-corrected chi connectivity index (χ2v) is 5.95. The van der Waals surface area contributed by atoms with E-state index in [4.69, 9.17) is 10.5 Å². The molecule has 0 saturated carbocycles. The van der Waals surface area contributed by atoms with Gasteiger partial charge in [0.05, 0.1) is 6.10 Å². The van der Waals surface area contributed by atoms with Crippen LogP contribution in [0.5, 0.6) is 0 Å². The van der Waals surface area contributed by atoms with E-state index in [-0.39, 0.29) is 24.0 Å². The fourth-order valence-electron chi connectivity index (χ4n) is 2.53. The first-order chi connectivity index (χ1) is 10.1. The summed E-state index contributed by atoms with van der Waals surface area (Å²) < 4.78 is 5.69. The molecule has 3 N–H and O–H groups in total. The average molecular weight is 417 g/mol. The predicted molar refractivity (Wildman–Crippen MR) is 104 cm³/mol. The molecule has 1 unspecified atom stereocenters. The summed E-state index contributed by atoms with van der Waals surface area (Å²) >= 11 is 0. The van der Waals surface area contributed by atoms with E-state index < -0.39 is 0 Å². The molecule has 1 aliphatic heterocycles. The number of nitrogens with two attached hydrogens (primary N) is 1. The van der Waals surface area contributed by atoms with Crippen molar-refractivity contribution in [3.63, 3.8) is 0 Å². The fourth-order valence-corrected chi connectivity index (χ4v) is 2.53. The Balaban J connectivity index is 0.00000242. The summed E-state index contributed by atoms with van der Waals surface area (Å²) in [5.74, 6) is 0.986. The third-order valence-corrected chi connectivity index (χ3v) is 3.83. The van der Waals surface area contributed by atoms with Gasteiger partial charge in [0.25, 0.3) is 0 Å². The highest BCUT2D eigenvalue weighted by Crippen LogP contribution is 2.18. The lowest BCUT2D eigenvalue weighted by Crippen LogP contribution is -2.24. The van der Waals surface area contributed by atoms with Crippen LogP contribution in [0.1, 0.15) is 51.0 Å². The third-order valence-electron chi connectivity index (χ3n) is 3.83. The van der Waals surface area contributed by atoms with Crippen molar-refractivity contribution in [1.29, 1.82) is 0 Å². The Morgan fingerprint density at radius 3 is 2.91 bits per heavy atom. The molecule has 1 fully saturated rings. The van der Waals surface area contributed by atoms with Crippen molar-refractivity contribution in [3.05, 3.63) is 29.8 Å². The molecule has 0 bridgehead atoms. The molecule has 0 aliphatic carbocycles. The Bertz CT molecular complexity index is 471. The molecule has 1 aromatic rings. The first kappa shape index (κ1) is 19.2. The Labute approximate surface area is 150 Å². The molecule has 22 heavy (non-hydrogen) atoms. The van der Waals surface area contributed by atoms with Gasteiger partial charge in [0.2, 0.25) is 0 Å². The second-order valence-electron chi connectivity index (χ2n) is 5.95. The van der Waals surface area contributed by atoms with Crippen LogP contribution in [0.25, 0.3) is 0 Å². The van der Waals surface area contributed by atoms with Crippen LogP contribution in [0.4, 0.5) is 5.69 Å². The molecule has 2 rings (SSSR count). The molecule has 0 aromatic heterocycles. The highest BCUT2D eigenvalue weighted by molar-refractivity contribution is 14.0. The number of nitrogens with one attached hydrogen (secondary N) is 1. The standard InChI is InChI=1S/C17H27N3O.HI/c1-13(2)14-6-5-7-15(12-14)20-17(18)19-10-9-16-8-3-4-11-21-16;/h5-7,12-13,16H,3-4,8-11H2,1-2H3,(H3,18,19,20);1H. The number of rotatable bonds is 5. The summed E-state index contributed by atoms with van der Waals surface area (Å²) in [5, 5.41) is 3.16. The van der Waals surface area contributed by atoms with E-state index in [9.17, 15) is 0 Å². The Hall–Kier alpha value is -0.820. The lowest BCUT2D eigenvalue weighted by Gasteiger charge is -2.21. The van der Waals surface area contributed by atoms with E-state index in [1.54, 1.807) is 0 Å². The number of guanidine groups is 1. The van der Waals surface area contributed by atoms with Gasteiger partial charge in [-0.3, -0.25) is 4.99 Å². The van der Waals surface area contributed by atoms with E-state index in [2.05, 4.69) is 36.3 Å². The van der Waals surface area contributed by atoms with Crippen LogP contribution in [0, 0.1) is 0 Å². The maximum Gasteiger partial charge on any atom is 0.193 e. The van der Waals surface area contributed by atoms with Gasteiger partial charge in [0.1, 0.15) is 0 Å². The van der Waals surface area contributed by atoms with Gasteiger partial charge in [-0.25, -0.2) is 0 Å². The van der Waals surface area contributed by atoms with E-state index >= 15 is 0 Å². The van der Waals surface area contributed by atoms with Crippen molar-refractivity contribution in [2.75, 3.05) is 18.5 Å². The summed E-state index contributed by atoms with van der Waals surface area (Å²) in [5.41, 5.74) is 8.24. The van der Waals surface area contributed by atoms with E-state index in [1.165, 1.54) is 18.4 Å². The number of nitrogens with zero attached hydrogens (tertiary/aromatic N) is 1. The third kappa shape index (κ3) is 6.52. The maximum atomic E-state index is 5.95. The van der Waals surface area contributed by atoms with Gasteiger partial charge >= 0.3 is 0 Å². The number of benzene rings is 1. The minimum absolute atomic E-state index is 0. The number of halogens is 1. The van der Waals surface area contributed by atoms with E-state index in [0.717, 1.165) is 25.1 Å². The van der Waals surface area contributed by atoms with E-state index in [0.29, 0.717) is 24.5 Å². The minimum Gasteiger partial charge on any atom is -0.378 e. The summed E-state index contributed by atoms with van der Waals surface area (Å²) in [6.45, 7) is 5.97. The van der Waals surface area contributed by atoms with Gasteiger partial charge in [-0.2, -0.15) is 0 Å². The average Bonchev–Trinajstić information content (AvgIpc) is 2.48. The summed E-state index contributed by atoms with van der Waals surface area (Å²) in [7, 11) is 0. The van der Waals surface area contributed by atoms with Crippen LogP contribution in [-0.4, -0.2) is 25.2 Å². The van der Waals surface area contributed by atoms with E-state index in [1.807, 2.05) is 12.1 Å². The Morgan fingerprint density at radius 2 is 2.23 bits per heavy atom. The Kier molecular flexibility index (Phi) is 8.78. The zero-order valence-corrected chi connectivity index (χ0v) is 15.9. The van der Waals surface area contributed by atoms with Crippen molar-refractivity contribution in [2.24, 2.45) is 10.7 Å². The van der Waals surface area contributed by atoms with Crippen molar-refractivity contribution < 1.29 is 4.74 Å². The highest BCUT2D eigenvalue weighted by Gasteiger charge is 2.12. The summed E-state index contributed by atoms with van der Waals surface area (Å²) in [6.07, 6.45) is 4.92. The lowest BCUT2D eigenvalue weighted by atomic mass is 10.0. The molecule has 1 aliphatic rings. The molecule has 1 saturated heterocycles. The van der Waals surface area contributed by atoms with Gasteiger partial charge in [0.15, 0.2) is 5.96 Å². The predicted octanol–water partition coefficient (Wildman–Crippen LogP) is 4.11. The first-order valence-corrected chi connectivity index (χ1v) is 7.93. The van der Waals surface area contributed by atoms with Crippen LogP contribution in [0.2, 0.25) is 0 Å². The van der Waals surface area contributed by atoms with Crippen LogP contribution < -0.4 is 11.1 Å². The monoisotopic (exact) mass is 417 g/mol. The molecule has 1 aromatic carbocycles. The quantitative estimate of drug-likeness (QED) is 0.431. The van der Waals surface area contributed by atoms with Crippen molar-refractivity contribution >= 4 is 35.6 Å². The molecule has 124 valence electrons.